The van der Waals surface area contributed by atoms with Crippen molar-refractivity contribution in [3.63, 3.8) is 0 Å². The molecule has 0 bridgehead atoms. The number of nitrogens with zero attached hydrogens (tertiary/aromatic N) is 1. The lowest BCUT2D eigenvalue weighted by Crippen LogP contribution is -1.96. The topological polar surface area (TPSA) is 48.1 Å². The predicted octanol–water partition coefficient (Wildman–Crippen LogP) is 1.57. The van der Waals surface area contributed by atoms with Crippen LogP contribution in [-0.2, 0) is 0 Å². The largest absolute Gasteiger partial charge is 0.492 e. The first-order valence-electron chi connectivity index (χ1n) is 5.13. The molecule has 0 saturated heterocycles. The third kappa shape index (κ3) is 4.48. The zero-order valence-corrected chi connectivity index (χ0v) is 8.99. The van der Waals surface area contributed by atoms with Gasteiger partial charge in [0, 0.05) is 24.7 Å². The van der Waals surface area contributed by atoms with Gasteiger partial charge in [0.05, 0.1) is 12.8 Å². The van der Waals surface area contributed by atoms with Crippen molar-refractivity contribution in [2.75, 3.05) is 13.2 Å². The predicted molar refractivity (Wildman–Crippen MR) is 60.6 cm³/mol. The number of nitrogens with two attached hydrogens (primary N) is 1. The summed E-state index contributed by atoms with van der Waals surface area (Å²) in [6.07, 6.45) is 5.12. The second-order valence-corrected chi connectivity index (χ2v) is 3.10. The lowest BCUT2D eigenvalue weighted by molar-refractivity contribution is 0.316. The molecule has 3 heteroatoms. The molecule has 0 aromatic carbocycles. The van der Waals surface area contributed by atoms with Crippen molar-refractivity contribution >= 4 is 0 Å². The average Bonchev–Trinajstić information content (AvgIpc) is 2.27. The Morgan fingerprint density at radius 2 is 2.33 bits per heavy atom. The molecule has 1 rings (SSSR count). The summed E-state index contributed by atoms with van der Waals surface area (Å²) < 4.78 is 5.45. The van der Waals surface area contributed by atoms with Gasteiger partial charge in [-0.05, 0) is 12.5 Å². The Morgan fingerprint density at radius 1 is 1.47 bits per heavy atom. The first kappa shape index (κ1) is 11.5. The maximum Gasteiger partial charge on any atom is 0.138 e. The van der Waals surface area contributed by atoms with E-state index in [0.29, 0.717) is 19.6 Å². The van der Waals surface area contributed by atoms with Gasteiger partial charge >= 0.3 is 0 Å². The molecule has 0 fully saturated rings. The van der Waals surface area contributed by atoms with Gasteiger partial charge < -0.3 is 10.5 Å². The lowest BCUT2D eigenvalue weighted by Gasteiger charge is -2.03. The van der Waals surface area contributed by atoms with Crippen LogP contribution >= 0.6 is 0 Å². The van der Waals surface area contributed by atoms with Gasteiger partial charge in [-0.3, -0.25) is 4.98 Å². The molecule has 1 aromatic heterocycles. The SMILES string of the molecule is CCCOc1cncc(C#CCCN)c1. The number of hydrogen-bond acceptors (Lipinski definition) is 3. The van der Waals surface area contributed by atoms with Crippen LogP contribution in [0.25, 0.3) is 0 Å². The Kier molecular flexibility index (Phi) is 5.28. The first-order valence-corrected chi connectivity index (χ1v) is 5.13. The molecule has 0 aliphatic rings. The fourth-order valence-corrected chi connectivity index (χ4v) is 1.02. The van der Waals surface area contributed by atoms with E-state index in [0.717, 1.165) is 17.7 Å². The summed E-state index contributed by atoms with van der Waals surface area (Å²) in [6.45, 7) is 3.37. The molecule has 0 atom stereocenters. The summed E-state index contributed by atoms with van der Waals surface area (Å²) in [4.78, 5) is 4.06. The minimum Gasteiger partial charge on any atom is -0.492 e. The molecule has 0 radical (unpaired) electrons. The fraction of sp³-hybridized carbons (Fsp3) is 0.417. The fourth-order valence-electron chi connectivity index (χ4n) is 1.02. The minimum absolute atomic E-state index is 0.590. The van der Waals surface area contributed by atoms with Gasteiger partial charge in [-0.15, -0.1) is 0 Å². The first-order chi connectivity index (χ1) is 7.36. The van der Waals surface area contributed by atoms with Crippen LogP contribution in [0.1, 0.15) is 25.3 Å². The quantitative estimate of drug-likeness (QED) is 0.757. The molecule has 0 aliphatic heterocycles. The molecule has 0 spiro atoms. The highest BCUT2D eigenvalue weighted by molar-refractivity contribution is 5.36. The second-order valence-electron chi connectivity index (χ2n) is 3.10. The highest BCUT2D eigenvalue weighted by Crippen LogP contribution is 2.10. The molecule has 0 aliphatic carbocycles. The lowest BCUT2D eigenvalue weighted by atomic mass is 10.2. The molecule has 0 unspecified atom stereocenters. The van der Waals surface area contributed by atoms with E-state index in [1.54, 1.807) is 12.4 Å². The summed E-state index contributed by atoms with van der Waals surface area (Å²) in [5, 5.41) is 0. The van der Waals surface area contributed by atoms with Crippen LogP contribution in [0.5, 0.6) is 5.75 Å². The van der Waals surface area contributed by atoms with Gasteiger partial charge in [-0.1, -0.05) is 18.8 Å². The van der Waals surface area contributed by atoms with Crippen molar-refractivity contribution in [1.82, 2.24) is 4.98 Å². The molecule has 0 saturated carbocycles. The second kappa shape index (κ2) is 6.86. The van der Waals surface area contributed by atoms with E-state index in [-0.39, 0.29) is 0 Å². The number of hydrogen-bond donors (Lipinski definition) is 1. The van der Waals surface area contributed by atoms with Crippen LogP contribution in [0.4, 0.5) is 0 Å². The average molecular weight is 204 g/mol. The molecule has 2 N–H and O–H groups in total. The third-order valence-corrected chi connectivity index (χ3v) is 1.69. The van der Waals surface area contributed by atoms with Gasteiger partial charge in [0.15, 0.2) is 0 Å². The van der Waals surface area contributed by atoms with Crippen LogP contribution in [0.2, 0.25) is 0 Å². The number of ether oxygens (including phenoxy) is 1. The Morgan fingerprint density at radius 3 is 3.07 bits per heavy atom. The van der Waals surface area contributed by atoms with Gasteiger partial charge in [-0.2, -0.15) is 0 Å². The molecule has 1 heterocycles. The zero-order chi connectivity index (χ0) is 10.9. The Labute approximate surface area is 90.7 Å². The zero-order valence-electron chi connectivity index (χ0n) is 8.99. The summed E-state index contributed by atoms with van der Waals surface area (Å²) in [7, 11) is 0. The highest BCUT2D eigenvalue weighted by atomic mass is 16.5. The van der Waals surface area contributed by atoms with E-state index in [1.165, 1.54) is 0 Å². The van der Waals surface area contributed by atoms with E-state index in [9.17, 15) is 0 Å². The van der Waals surface area contributed by atoms with E-state index in [4.69, 9.17) is 10.5 Å². The summed E-state index contributed by atoms with van der Waals surface area (Å²) in [5.74, 6) is 6.73. The minimum atomic E-state index is 0.590. The Balaban J connectivity index is 2.62. The van der Waals surface area contributed by atoms with Crippen molar-refractivity contribution in [1.29, 1.82) is 0 Å². The van der Waals surface area contributed by atoms with Crippen molar-refractivity contribution in [3.8, 4) is 17.6 Å². The molecule has 80 valence electrons. The summed E-state index contributed by atoms with van der Waals surface area (Å²) >= 11 is 0. The van der Waals surface area contributed by atoms with Crippen LogP contribution in [0.3, 0.4) is 0 Å². The van der Waals surface area contributed by atoms with E-state index < -0.39 is 0 Å². The van der Waals surface area contributed by atoms with E-state index in [2.05, 4.69) is 23.7 Å². The van der Waals surface area contributed by atoms with Crippen molar-refractivity contribution in [2.24, 2.45) is 5.73 Å². The summed E-state index contributed by atoms with van der Waals surface area (Å²) in [6, 6.07) is 1.90. The molecule has 3 nitrogen and oxygen atoms in total. The highest BCUT2D eigenvalue weighted by Gasteiger charge is 1.94. The maximum absolute atomic E-state index is 5.45. The van der Waals surface area contributed by atoms with Gasteiger partial charge in [0.25, 0.3) is 0 Å². The maximum atomic E-state index is 5.45. The van der Waals surface area contributed by atoms with Crippen molar-refractivity contribution in [2.45, 2.75) is 19.8 Å². The van der Waals surface area contributed by atoms with E-state index >= 15 is 0 Å². The normalized spacial score (nSPS) is 9.20. The number of rotatable bonds is 4. The van der Waals surface area contributed by atoms with Gasteiger partial charge in [-0.25, -0.2) is 0 Å². The molecular weight excluding hydrogens is 188 g/mol. The van der Waals surface area contributed by atoms with Crippen LogP contribution in [0, 0.1) is 11.8 Å². The smallest absolute Gasteiger partial charge is 0.138 e. The van der Waals surface area contributed by atoms with Crippen LogP contribution < -0.4 is 10.5 Å². The van der Waals surface area contributed by atoms with Crippen molar-refractivity contribution in [3.05, 3.63) is 24.0 Å². The van der Waals surface area contributed by atoms with Gasteiger partial charge in [0.2, 0.25) is 0 Å². The van der Waals surface area contributed by atoms with Crippen LogP contribution in [0.15, 0.2) is 18.5 Å². The third-order valence-electron chi connectivity index (χ3n) is 1.69. The Hall–Kier alpha value is -1.53. The number of aromatic nitrogens is 1. The van der Waals surface area contributed by atoms with E-state index in [1.807, 2.05) is 6.07 Å². The number of pyridine rings is 1. The molecular formula is C12H16N2O. The monoisotopic (exact) mass is 204 g/mol. The standard InChI is InChI=1S/C12H16N2O/c1-2-7-15-12-8-11(9-14-10-12)5-3-4-6-13/h8-10H,2,4,6-7,13H2,1H3. The van der Waals surface area contributed by atoms with Crippen molar-refractivity contribution < 1.29 is 4.74 Å². The molecule has 1 aromatic rings. The summed E-state index contributed by atoms with van der Waals surface area (Å²) in [5.41, 5.74) is 6.22. The van der Waals surface area contributed by atoms with Crippen LogP contribution in [-0.4, -0.2) is 18.1 Å². The van der Waals surface area contributed by atoms with Gasteiger partial charge in [0.1, 0.15) is 5.75 Å². The Bertz CT molecular complexity index is 352. The molecule has 0 amide bonds. The molecule has 15 heavy (non-hydrogen) atoms.